The lowest BCUT2D eigenvalue weighted by Gasteiger charge is -2.31. The van der Waals surface area contributed by atoms with E-state index in [1.165, 1.54) is 0 Å². The number of rotatable bonds is 3. The number of nitrogen functional groups attached to an aromatic ring is 1. The van der Waals surface area contributed by atoms with Gasteiger partial charge >= 0.3 is 0 Å². The molecule has 4 nitrogen and oxygen atoms in total. The van der Waals surface area contributed by atoms with Gasteiger partial charge in [0.05, 0.1) is 12.2 Å². The lowest BCUT2D eigenvalue weighted by Crippen LogP contribution is -2.37. The number of anilines is 2. The van der Waals surface area contributed by atoms with E-state index in [-0.39, 0.29) is 11.7 Å². The molecule has 0 spiro atoms. The van der Waals surface area contributed by atoms with Gasteiger partial charge in [-0.1, -0.05) is 54.6 Å². The summed E-state index contributed by atoms with van der Waals surface area (Å²) in [6, 6.07) is 23.1. The molecule has 3 aromatic carbocycles. The van der Waals surface area contributed by atoms with E-state index in [0.717, 1.165) is 22.4 Å². The molecule has 0 saturated carbocycles. The van der Waals surface area contributed by atoms with Crippen molar-refractivity contribution < 1.29 is 9.53 Å². The van der Waals surface area contributed by atoms with Crippen molar-refractivity contribution in [1.82, 2.24) is 0 Å². The maximum Gasteiger partial charge on any atom is 0.294 e. The van der Waals surface area contributed by atoms with E-state index in [0.29, 0.717) is 18.0 Å². The Morgan fingerprint density at radius 1 is 1.00 bits per heavy atom. The second-order valence-electron chi connectivity index (χ2n) is 6.57. The number of carbonyl (C=O) groups is 1. The molecule has 0 bridgehead atoms. The molecule has 0 unspecified atom stereocenters. The summed E-state index contributed by atoms with van der Waals surface area (Å²) in [7, 11) is 0. The molecule has 3 aromatic rings. The molecule has 0 radical (unpaired) electrons. The molecule has 134 valence electrons. The monoisotopic (exact) mass is 356 g/mol. The summed E-state index contributed by atoms with van der Waals surface area (Å²) in [5, 5.41) is 0. The number of benzene rings is 3. The lowest BCUT2D eigenvalue weighted by molar-refractivity contribution is -0.117. The van der Waals surface area contributed by atoms with Crippen molar-refractivity contribution >= 4 is 23.4 Å². The Balaban J connectivity index is 1.78. The number of hydrogen-bond acceptors (Lipinski definition) is 3. The van der Waals surface area contributed by atoms with Crippen LogP contribution in [0.2, 0.25) is 0 Å². The Kier molecular flexibility index (Phi) is 4.38. The smallest absolute Gasteiger partial charge is 0.294 e. The second-order valence-corrected chi connectivity index (χ2v) is 6.57. The molecule has 0 saturated heterocycles. The number of aryl methyl sites for hydroxylation is 1. The lowest BCUT2D eigenvalue weighted by atomic mass is 10.1. The van der Waals surface area contributed by atoms with Crippen molar-refractivity contribution in [3.05, 3.63) is 95.2 Å². The average Bonchev–Trinajstić information content (AvgIpc) is 2.67. The van der Waals surface area contributed by atoms with Crippen molar-refractivity contribution in [3.63, 3.8) is 0 Å². The molecule has 4 rings (SSSR count). The van der Waals surface area contributed by atoms with E-state index in [4.69, 9.17) is 10.5 Å². The van der Waals surface area contributed by atoms with Crippen LogP contribution in [0.3, 0.4) is 0 Å². The van der Waals surface area contributed by atoms with Crippen LogP contribution in [-0.4, -0.2) is 5.91 Å². The van der Waals surface area contributed by atoms with Crippen LogP contribution >= 0.6 is 0 Å². The van der Waals surface area contributed by atoms with Crippen LogP contribution in [-0.2, 0) is 11.3 Å². The number of hydrogen-bond donors (Lipinski definition) is 1. The minimum Gasteiger partial charge on any atom is -0.449 e. The number of fused-ring (bicyclic) bond motifs is 1. The van der Waals surface area contributed by atoms with E-state index in [1.807, 2.05) is 67.6 Å². The third kappa shape index (κ3) is 3.42. The van der Waals surface area contributed by atoms with Gasteiger partial charge in [-0.15, -0.1) is 0 Å². The van der Waals surface area contributed by atoms with E-state index in [9.17, 15) is 4.79 Å². The number of carbonyl (C=O) groups excluding carboxylic acids is 1. The zero-order valence-corrected chi connectivity index (χ0v) is 15.1. The summed E-state index contributed by atoms with van der Waals surface area (Å²) >= 11 is 0. The minimum atomic E-state index is -0.167. The van der Waals surface area contributed by atoms with Crippen molar-refractivity contribution in [2.24, 2.45) is 0 Å². The summed E-state index contributed by atoms with van der Waals surface area (Å²) in [6.07, 6.45) is 1.76. The molecule has 0 aliphatic carbocycles. The van der Waals surface area contributed by atoms with Crippen LogP contribution in [0.4, 0.5) is 11.4 Å². The normalized spacial score (nSPS) is 14.8. The molecule has 0 fully saturated rings. The summed E-state index contributed by atoms with van der Waals surface area (Å²) in [5.74, 6) is 0.706. The Morgan fingerprint density at radius 2 is 1.74 bits per heavy atom. The Hall–Kier alpha value is -3.53. The van der Waals surface area contributed by atoms with Crippen LogP contribution in [0, 0.1) is 6.92 Å². The van der Waals surface area contributed by atoms with Gasteiger partial charge in [-0.2, -0.15) is 0 Å². The van der Waals surface area contributed by atoms with Gasteiger partial charge in [-0.05, 0) is 41.8 Å². The zero-order chi connectivity index (χ0) is 18.8. The number of ether oxygens (including phenoxy) is 1. The fraction of sp³-hybridized carbons (Fsp3) is 0.0870. The van der Waals surface area contributed by atoms with Crippen LogP contribution in [0.5, 0.6) is 5.75 Å². The molecule has 1 aliphatic rings. The highest BCUT2D eigenvalue weighted by atomic mass is 16.5. The van der Waals surface area contributed by atoms with Crippen molar-refractivity contribution in [2.45, 2.75) is 13.5 Å². The van der Waals surface area contributed by atoms with Crippen LogP contribution < -0.4 is 15.4 Å². The quantitative estimate of drug-likeness (QED) is 0.553. The largest absolute Gasteiger partial charge is 0.449 e. The maximum atomic E-state index is 13.2. The topological polar surface area (TPSA) is 55.6 Å². The maximum absolute atomic E-state index is 13.2. The molecule has 1 amide bonds. The Labute approximate surface area is 158 Å². The standard InChI is InChI=1S/C23H20N2O2/c1-16-7-5-6-10-18(16)15-25-20-12-11-19(24)14-21(20)27-22(23(25)26)13-17-8-3-2-4-9-17/h2-14H,15,24H2,1H3/b22-13+. The number of amides is 1. The minimum absolute atomic E-state index is 0.167. The first-order chi connectivity index (χ1) is 13.1. The van der Waals surface area contributed by atoms with E-state index < -0.39 is 0 Å². The number of nitrogens with zero attached hydrogens (tertiary/aromatic N) is 1. The van der Waals surface area contributed by atoms with Gasteiger partial charge in [-0.3, -0.25) is 9.69 Å². The van der Waals surface area contributed by atoms with Crippen molar-refractivity contribution in [1.29, 1.82) is 0 Å². The highest BCUT2D eigenvalue weighted by Gasteiger charge is 2.30. The van der Waals surface area contributed by atoms with E-state index in [2.05, 4.69) is 0 Å². The molecule has 0 aromatic heterocycles. The molecular formula is C23H20N2O2. The fourth-order valence-electron chi connectivity index (χ4n) is 3.15. The third-order valence-corrected chi connectivity index (χ3v) is 4.64. The van der Waals surface area contributed by atoms with Gasteiger partial charge in [0.1, 0.15) is 0 Å². The van der Waals surface area contributed by atoms with Gasteiger partial charge in [-0.25, -0.2) is 0 Å². The van der Waals surface area contributed by atoms with Gasteiger partial charge in [0.15, 0.2) is 11.5 Å². The molecule has 1 heterocycles. The van der Waals surface area contributed by atoms with Gasteiger partial charge in [0, 0.05) is 11.8 Å². The van der Waals surface area contributed by atoms with Crippen LogP contribution in [0.25, 0.3) is 6.08 Å². The summed E-state index contributed by atoms with van der Waals surface area (Å²) in [6.45, 7) is 2.52. The molecular weight excluding hydrogens is 336 g/mol. The molecule has 4 heteroatoms. The predicted octanol–water partition coefficient (Wildman–Crippen LogP) is 4.54. The zero-order valence-electron chi connectivity index (χ0n) is 15.1. The SMILES string of the molecule is Cc1ccccc1CN1C(=O)/C(=C\c2ccccc2)Oc2cc(N)ccc21. The average molecular weight is 356 g/mol. The van der Waals surface area contributed by atoms with Crippen molar-refractivity contribution in [3.8, 4) is 5.75 Å². The highest BCUT2D eigenvalue weighted by Crippen LogP contribution is 2.38. The third-order valence-electron chi connectivity index (χ3n) is 4.64. The first kappa shape index (κ1) is 16.9. The Morgan fingerprint density at radius 3 is 2.52 bits per heavy atom. The highest BCUT2D eigenvalue weighted by molar-refractivity contribution is 6.10. The number of nitrogens with two attached hydrogens (primary N) is 1. The summed E-state index contributed by atoms with van der Waals surface area (Å²) in [5.41, 5.74) is 10.4. The molecule has 1 aliphatic heterocycles. The van der Waals surface area contributed by atoms with Crippen molar-refractivity contribution in [2.75, 3.05) is 10.6 Å². The first-order valence-corrected chi connectivity index (χ1v) is 8.82. The van der Waals surface area contributed by atoms with Gasteiger partial charge in [0.2, 0.25) is 0 Å². The molecule has 2 N–H and O–H groups in total. The summed E-state index contributed by atoms with van der Waals surface area (Å²) in [4.78, 5) is 14.9. The second kappa shape index (κ2) is 7.00. The fourth-order valence-corrected chi connectivity index (χ4v) is 3.15. The van der Waals surface area contributed by atoms with E-state index >= 15 is 0 Å². The summed E-state index contributed by atoms with van der Waals surface area (Å²) < 4.78 is 5.92. The Bertz CT molecular complexity index is 1030. The van der Waals surface area contributed by atoms with Crippen LogP contribution in [0.1, 0.15) is 16.7 Å². The van der Waals surface area contributed by atoms with Crippen LogP contribution in [0.15, 0.2) is 78.6 Å². The molecule has 0 atom stereocenters. The van der Waals surface area contributed by atoms with E-state index in [1.54, 1.807) is 23.1 Å². The predicted molar refractivity (Wildman–Crippen MR) is 108 cm³/mol. The molecule has 27 heavy (non-hydrogen) atoms. The first-order valence-electron chi connectivity index (χ1n) is 8.82. The van der Waals surface area contributed by atoms with Gasteiger partial charge in [0.25, 0.3) is 5.91 Å². The van der Waals surface area contributed by atoms with Gasteiger partial charge < -0.3 is 10.5 Å².